The van der Waals surface area contributed by atoms with Crippen molar-refractivity contribution in [3.8, 4) is 0 Å². The van der Waals surface area contributed by atoms with Crippen LogP contribution < -0.4 is 0 Å². The summed E-state index contributed by atoms with van der Waals surface area (Å²) in [5.41, 5.74) is 0.252. The van der Waals surface area contributed by atoms with Crippen molar-refractivity contribution in [2.75, 3.05) is 6.54 Å². The zero-order valence-corrected chi connectivity index (χ0v) is 11.8. The molecule has 1 aromatic rings. The second kappa shape index (κ2) is 6.07. The van der Waals surface area contributed by atoms with Crippen LogP contribution in [0.3, 0.4) is 0 Å². The summed E-state index contributed by atoms with van der Waals surface area (Å²) in [7, 11) is 0. The molecule has 0 spiro atoms. The Hall–Kier alpha value is -1.84. The van der Waals surface area contributed by atoms with E-state index in [0.717, 1.165) is 12.8 Å². The normalized spacial score (nSPS) is 25.9. The van der Waals surface area contributed by atoms with Gasteiger partial charge in [0.25, 0.3) is 0 Å². The predicted molar refractivity (Wildman–Crippen MR) is 76.5 cm³/mol. The highest BCUT2D eigenvalue weighted by Gasteiger charge is 2.46. The molecule has 4 nitrogen and oxygen atoms in total. The van der Waals surface area contributed by atoms with Gasteiger partial charge in [0.2, 0.25) is 6.41 Å². The summed E-state index contributed by atoms with van der Waals surface area (Å²) in [6.45, 7) is 2.26. The number of hydrogen-bond donors (Lipinski definition) is 1. The maximum atomic E-state index is 11.7. The number of carboxylic acid groups (broad SMARTS) is 1. The van der Waals surface area contributed by atoms with Crippen molar-refractivity contribution in [3.63, 3.8) is 0 Å². The molecule has 1 N–H and O–H groups in total. The Kier molecular flexibility index (Phi) is 4.42. The third-order valence-corrected chi connectivity index (χ3v) is 4.50. The molecular weight excluding hydrogens is 254 g/mol. The number of nitrogens with zero attached hydrogens (tertiary/aromatic N) is 1. The van der Waals surface area contributed by atoms with Crippen LogP contribution in [0, 0.1) is 0 Å². The van der Waals surface area contributed by atoms with Gasteiger partial charge in [-0.25, -0.2) is 4.79 Å². The summed E-state index contributed by atoms with van der Waals surface area (Å²) in [6, 6.07) is 10.2. The first-order valence-electron chi connectivity index (χ1n) is 7.14. The minimum Gasteiger partial charge on any atom is -0.479 e. The van der Waals surface area contributed by atoms with Gasteiger partial charge in [-0.2, -0.15) is 0 Å². The van der Waals surface area contributed by atoms with E-state index in [9.17, 15) is 14.7 Å². The van der Waals surface area contributed by atoms with E-state index < -0.39 is 11.5 Å². The number of carboxylic acids is 1. The Balaban J connectivity index is 2.15. The van der Waals surface area contributed by atoms with Crippen molar-refractivity contribution in [2.45, 2.75) is 44.1 Å². The molecule has 0 atom stereocenters. The van der Waals surface area contributed by atoms with E-state index in [4.69, 9.17) is 0 Å². The van der Waals surface area contributed by atoms with Crippen LogP contribution in [0.5, 0.6) is 0 Å². The first-order chi connectivity index (χ1) is 9.64. The van der Waals surface area contributed by atoms with Crippen molar-refractivity contribution < 1.29 is 14.7 Å². The molecule has 1 fully saturated rings. The summed E-state index contributed by atoms with van der Waals surface area (Å²) in [4.78, 5) is 24.3. The molecule has 1 aliphatic carbocycles. The number of aliphatic carboxylic acids is 1. The average Bonchev–Trinajstić information content (AvgIpc) is 2.50. The van der Waals surface area contributed by atoms with E-state index in [1.807, 2.05) is 25.1 Å². The quantitative estimate of drug-likeness (QED) is 0.840. The molecular formula is C16H21NO3. The van der Waals surface area contributed by atoms with Crippen LogP contribution >= 0.6 is 0 Å². The summed E-state index contributed by atoms with van der Waals surface area (Å²) >= 11 is 0. The zero-order valence-electron chi connectivity index (χ0n) is 11.8. The summed E-state index contributed by atoms with van der Waals surface area (Å²) in [5.74, 6) is -0.480. The van der Waals surface area contributed by atoms with Gasteiger partial charge in [0, 0.05) is 6.54 Å². The Morgan fingerprint density at radius 3 is 2.40 bits per heavy atom. The highest BCUT2D eigenvalue weighted by atomic mass is 16.4. The molecule has 2 rings (SSSR count). The lowest BCUT2D eigenvalue weighted by Gasteiger charge is -2.42. The van der Waals surface area contributed by atoms with E-state index in [0.29, 0.717) is 31.7 Å². The number of amides is 1. The van der Waals surface area contributed by atoms with Crippen LogP contribution in [0.25, 0.3) is 0 Å². The van der Waals surface area contributed by atoms with Crippen LogP contribution in [0.4, 0.5) is 0 Å². The Bertz CT molecular complexity index is 464. The van der Waals surface area contributed by atoms with Gasteiger partial charge in [0.1, 0.15) is 5.54 Å². The van der Waals surface area contributed by atoms with Gasteiger partial charge in [0.05, 0.1) is 0 Å². The Morgan fingerprint density at radius 1 is 1.35 bits per heavy atom. The smallest absolute Gasteiger partial charge is 0.329 e. The molecule has 0 saturated heterocycles. The molecule has 0 bridgehead atoms. The first-order valence-corrected chi connectivity index (χ1v) is 7.14. The van der Waals surface area contributed by atoms with Crippen LogP contribution in [-0.4, -0.2) is 34.5 Å². The molecule has 0 unspecified atom stereocenters. The zero-order chi connectivity index (χ0) is 14.6. The summed E-state index contributed by atoms with van der Waals surface area (Å²) < 4.78 is 0. The molecule has 1 saturated carbocycles. The van der Waals surface area contributed by atoms with Gasteiger partial charge in [-0.1, -0.05) is 30.3 Å². The highest BCUT2D eigenvalue weighted by molar-refractivity contribution is 5.81. The number of rotatable bonds is 5. The molecule has 4 heteroatoms. The van der Waals surface area contributed by atoms with Gasteiger partial charge in [-0.05, 0) is 44.1 Å². The van der Waals surface area contributed by atoms with Crippen LogP contribution in [-0.2, 0) is 9.59 Å². The number of benzene rings is 1. The Labute approximate surface area is 119 Å². The maximum Gasteiger partial charge on any atom is 0.329 e. The van der Waals surface area contributed by atoms with Crippen LogP contribution in [0.2, 0.25) is 0 Å². The van der Waals surface area contributed by atoms with Crippen molar-refractivity contribution in [1.82, 2.24) is 4.90 Å². The summed E-state index contributed by atoms with van der Waals surface area (Å²) in [6.07, 6.45) is 3.33. The first kappa shape index (κ1) is 14.6. The molecule has 0 radical (unpaired) electrons. The van der Waals surface area contributed by atoms with Crippen molar-refractivity contribution in [3.05, 3.63) is 35.9 Å². The fourth-order valence-corrected chi connectivity index (χ4v) is 3.26. The minimum absolute atomic E-state index is 0.397. The topological polar surface area (TPSA) is 57.6 Å². The molecule has 0 aliphatic heterocycles. The SMILES string of the molecule is CCN(C=O)C1(C(=O)O)CCC(c2ccccc2)CC1. The average molecular weight is 275 g/mol. The third kappa shape index (κ3) is 2.55. The number of carbonyl (C=O) groups is 2. The van der Waals surface area contributed by atoms with E-state index in [2.05, 4.69) is 12.1 Å². The largest absolute Gasteiger partial charge is 0.479 e. The second-order valence-corrected chi connectivity index (χ2v) is 5.41. The number of likely N-dealkylation sites (N-methyl/N-ethyl adjacent to an activating group) is 1. The number of carbonyl (C=O) groups excluding carboxylic acids is 1. The van der Waals surface area contributed by atoms with Gasteiger partial charge in [-0.15, -0.1) is 0 Å². The molecule has 0 aromatic heterocycles. The number of hydrogen-bond acceptors (Lipinski definition) is 2. The van der Waals surface area contributed by atoms with Crippen molar-refractivity contribution in [2.24, 2.45) is 0 Å². The van der Waals surface area contributed by atoms with E-state index in [1.54, 1.807) is 0 Å². The maximum absolute atomic E-state index is 11.7. The van der Waals surface area contributed by atoms with Crippen LogP contribution in [0.15, 0.2) is 30.3 Å². The van der Waals surface area contributed by atoms with Crippen molar-refractivity contribution >= 4 is 12.4 Å². The second-order valence-electron chi connectivity index (χ2n) is 5.41. The molecule has 0 heterocycles. The predicted octanol–water partition coefficient (Wildman–Crippen LogP) is 2.65. The molecule has 1 aromatic carbocycles. The standard InChI is InChI=1S/C16H21NO3/c1-2-17(12-18)16(15(19)20)10-8-14(9-11-16)13-6-4-3-5-7-13/h3-7,12,14H,2,8-11H2,1H3,(H,19,20). The lowest BCUT2D eigenvalue weighted by Crippen LogP contribution is -2.55. The minimum atomic E-state index is -1.01. The molecule has 1 amide bonds. The van der Waals surface area contributed by atoms with E-state index >= 15 is 0 Å². The molecule has 108 valence electrons. The van der Waals surface area contributed by atoms with Gasteiger partial charge >= 0.3 is 5.97 Å². The fourth-order valence-electron chi connectivity index (χ4n) is 3.26. The highest BCUT2D eigenvalue weighted by Crippen LogP contribution is 2.40. The fraction of sp³-hybridized carbons (Fsp3) is 0.500. The molecule has 20 heavy (non-hydrogen) atoms. The third-order valence-electron chi connectivity index (χ3n) is 4.50. The van der Waals surface area contributed by atoms with Gasteiger partial charge < -0.3 is 10.0 Å². The summed E-state index contributed by atoms with van der Waals surface area (Å²) in [5, 5.41) is 9.58. The van der Waals surface area contributed by atoms with Crippen molar-refractivity contribution in [1.29, 1.82) is 0 Å². The monoisotopic (exact) mass is 275 g/mol. The lowest BCUT2D eigenvalue weighted by atomic mass is 9.73. The van der Waals surface area contributed by atoms with Crippen LogP contribution in [0.1, 0.15) is 44.1 Å². The Morgan fingerprint density at radius 2 is 1.95 bits per heavy atom. The van der Waals surface area contributed by atoms with E-state index in [1.165, 1.54) is 10.5 Å². The van der Waals surface area contributed by atoms with Gasteiger partial charge in [0.15, 0.2) is 0 Å². The molecule has 1 aliphatic rings. The van der Waals surface area contributed by atoms with Gasteiger partial charge in [-0.3, -0.25) is 4.79 Å². The lowest BCUT2D eigenvalue weighted by molar-refractivity contribution is -0.157. The van der Waals surface area contributed by atoms with E-state index in [-0.39, 0.29) is 0 Å².